The van der Waals surface area contributed by atoms with Gasteiger partial charge in [0.25, 0.3) is 0 Å². The minimum absolute atomic E-state index is 0.525. The van der Waals surface area contributed by atoms with Crippen LogP contribution in [-0.2, 0) is 4.65 Å². The van der Waals surface area contributed by atoms with E-state index in [1.54, 1.807) is 0 Å². The van der Waals surface area contributed by atoms with Crippen LogP contribution in [0.15, 0.2) is 0 Å². The van der Waals surface area contributed by atoms with Crippen molar-refractivity contribution in [1.29, 1.82) is 0 Å². The molecule has 13 heavy (non-hydrogen) atoms. The van der Waals surface area contributed by atoms with Gasteiger partial charge in [0.05, 0.1) is 11.7 Å². The van der Waals surface area contributed by atoms with Crippen molar-refractivity contribution in [1.82, 2.24) is 0 Å². The summed E-state index contributed by atoms with van der Waals surface area (Å²) in [6.45, 7) is 5.53. The number of hydrogen-bond donors (Lipinski definition) is 3. The van der Waals surface area contributed by atoms with E-state index in [-0.39, 0.29) is 0 Å². The highest BCUT2D eigenvalue weighted by Gasteiger charge is 2.35. The van der Waals surface area contributed by atoms with E-state index < -0.39 is 19.0 Å². The first-order valence-corrected chi connectivity index (χ1v) is 4.74. The molecule has 0 aromatic carbocycles. The standard InChI is InChI=1S/C8H19BO4/c1-4-7(13-9(11)12)8(10,5-2)6-3/h7,10-12H,4-6H2,1-3H3. The molecule has 0 rings (SSSR count). The summed E-state index contributed by atoms with van der Waals surface area (Å²) >= 11 is 0. The zero-order chi connectivity index (χ0) is 10.5. The third-order valence-corrected chi connectivity index (χ3v) is 2.48. The van der Waals surface area contributed by atoms with Crippen LogP contribution in [0.25, 0.3) is 0 Å². The fourth-order valence-corrected chi connectivity index (χ4v) is 1.46. The van der Waals surface area contributed by atoms with Crippen molar-refractivity contribution in [2.24, 2.45) is 0 Å². The molecule has 78 valence electrons. The van der Waals surface area contributed by atoms with Crippen LogP contribution in [0.3, 0.4) is 0 Å². The molecule has 0 fully saturated rings. The maximum Gasteiger partial charge on any atom is 0.634 e. The summed E-state index contributed by atoms with van der Waals surface area (Å²) in [5, 5.41) is 27.3. The minimum Gasteiger partial charge on any atom is -0.402 e. The fourth-order valence-electron chi connectivity index (χ4n) is 1.46. The molecule has 0 saturated carbocycles. The molecular weight excluding hydrogens is 171 g/mol. The van der Waals surface area contributed by atoms with Gasteiger partial charge < -0.3 is 19.8 Å². The zero-order valence-corrected chi connectivity index (χ0v) is 8.53. The Kier molecular flexibility index (Phi) is 5.56. The van der Waals surface area contributed by atoms with E-state index in [9.17, 15) is 5.11 Å². The van der Waals surface area contributed by atoms with Crippen LogP contribution in [0.2, 0.25) is 0 Å². The van der Waals surface area contributed by atoms with Crippen LogP contribution in [0.4, 0.5) is 0 Å². The summed E-state index contributed by atoms with van der Waals surface area (Å²) < 4.78 is 4.81. The van der Waals surface area contributed by atoms with Crippen LogP contribution >= 0.6 is 0 Å². The molecule has 5 heteroatoms. The molecule has 1 unspecified atom stereocenters. The maximum atomic E-state index is 9.99. The third-order valence-electron chi connectivity index (χ3n) is 2.48. The average molecular weight is 190 g/mol. The second kappa shape index (κ2) is 5.60. The molecule has 0 heterocycles. The van der Waals surface area contributed by atoms with Gasteiger partial charge >= 0.3 is 7.32 Å². The van der Waals surface area contributed by atoms with E-state index in [1.807, 2.05) is 20.8 Å². The normalized spacial score (nSPS) is 14.3. The molecule has 0 aliphatic carbocycles. The first kappa shape index (κ1) is 12.9. The van der Waals surface area contributed by atoms with Crippen LogP contribution in [0.1, 0.15) is 40.0 Å². The summed E-state index contributed by atoms with van der Waals surface area (Å²) in [5.74, 6) is 0. The zero-order valence-electron chi connectivity index (χ0n) is 8.53. The van der Waals surface area contributed by atoms with Crippen molar-refractivity contribution in [2.45, 2.75) is 51.7 Å². The molecule has 0 aromatic heterocycles. The van der Waals surface area contributed by atoms with Crippen molar-refractivity contribution < 1.29 is 19.8 Å². The van der Waals surface area contributed by atoms with E-state index in [4.69, 9.17) is 14.7 Å². The van der Waals surface area contributed by atoms with Crippen LogP contribution < -0.4 is 0 Å². The fraction of sp³-hybridized carbons (Fsp3) is 1.00. The molecule has 4 nitrogen and oxygen atoms in total. The second-order valence-corrected chi connectivity index (χ2v) is 3.17. The second-order valence-electron chi connectivity index (χ2n) is 3.17. The van der Waals surface area contributed by atoms with E-state index in [1.165, 1.54) is 0 Å². The molecule has 1 atom stereocenters. The Morgan fingerprint density at radius 1 is 1.23 bits per heavy atom. The summed E-state index contributed by atoms with van der Waals surface area (Å²) in [7, 11) is -1.81. The predicted molar refractivity (Wildman–Crippen MR) is 50.9 cm³/mol. The molecule has 0 amide bonds. The van der Waals surface area contributed by atoms with Crippen molar-refractivity contribution in [3.05, 3.63) is 0 Å². The predicted octanol–water partition coefficient (Wildman–Crippen LogP) is 0.302. The molecule has 0 saturated heterocycles. The number of hydrogen-bond acceptors (Lipinski definition) is 4. The van der Waals surface area contributed by atoms with E-state index in [0.29, 0.717) is 19.3 Å². The largest absolute Gasteiger partial charge is 0.634 e. The number of aliphatic hydroxyl groups is 1. The summed E-state index contributed by atoms with van der Waals surface area (Å²) in [5.41, 5.74) is -0.960. The van der Waals surface area contributed by atoms with Crippen molar-refractivity contribution in [3.8, 4) is 0 Å². The maximum absolute atomic E-state index is 9.99. The Bertz CT molecular complexity index is 136. The van der Waals surface area contributed by atoms with Crippen molar-refractivity contribution >= 4 is 7.32 Å². The van der Waals surface area contributed by atoms with Crippen LogP contribution in [0, 0.1) is 0 Å². The molecule has 0 spiro atoms. The van der Waals surface area contributed by atoms with Gasteiger partial charge in [-0.1, -0.05) is 20.8 Å². The van der Waals surface area contributed by atoms with E-state index in [0.717, 1.165) is 0 Å². The SMILES string of the molecule is CCC(OB(O)O)C(O)(CC)CC. The van der Waals surface area contributed by atoms with Gasteiger partial charge in [-0.2, -0.15) is 0 Å². The topological polar surface area (TPSA) is 69.9 Å². The summed E-state index contributed by atoms with van der Waals surface area (Å²) in [4.78, 5) is 0. The Hall–Kier alpha value is -0.0951. The Labute approximate surface area is 79.7 Å². The molecule has 0 radical (unpaired) electrons. The van der Waals surface area contributed by atoms with Crippen LogP contribution in [-0.4, -0.2) is 34.2 Å². The van der Waals surface area contributed by atoms with Gasteiger partial charge in [0.15, 0.2) is 0 Å². The molecule has 0 aliphatic rings. The summed E-state index contributed by atoms with van der Waals surface area (Å²) in [6.07, 6.45) is 1.10. The van der Waals surface area contributed by atoms with Gasteiger partial charge in [-0.3, -0.25) is 0 Å². The van der Waals surface area contributed by atoms with Gasteiger partial charge in [0.1, 0.15) is 0 Å². The highest BCUT2D eigenvalue weighted by molar-refractivity contribution is 6.32. The average Bonchev–Trinajstić information content (AvgIpc) is 2.12. The van der Waals surface area contributed by atoms with Gasteiger partial charge in [-0.25, -0.2) is 0 Å². The van der Waals surface area contributed by atoms with Crippen molar-refractivity contribution in [2.75, 3.05) is 0 Å². The van der Waals surface area contributed by atoms with Gasteiger partial charge in [-0.15, -0.1) is 0 Å². The lowest BCUT2D eigenvalue weighted by Gasteiger charge is -2.34. The first-order chi connectivity index (χ1) is 6.00. The Balaban J connectivity index is 4.34. The molecule has 0 bridgehead atoms. The van der Waals surface area contributed by atoms with Crippen LogP contribution in [0.5, 0.6) is 0 Å². The summed E-state index contributed by atoms with van der Waals surface area (Å²) in [6, 6.07) is 0. The molecule has 0 aromatic rings. The smallest absolute Gasteiger partial charge is 0.402 e. The highest BCUT2D eigenvalue weighted by Crippen LogP contribution is 2.24. The first-order valence-electron chi connectivity index (χ1n) is 4.74. The third kappa shape index (κ3) is 3.64. The Morgan fingerprint density at radius 2 is 1.69 bits per heavy atom. The molecule has 0 aliphatic heterocycles. The number of rotatable bonds is 6. The van der Waals surface area contributed by atoms with Crippen molar-refractivity contribution in [3.63, 3.8) is 0 Å². The Morgan fingerprint density at radius 3 is 1.92 bits per heavy atom. The molecule has 3 N–H and O–H groups in total. The molecular formula is C8H19BO4. The lowest BCUT2D eigenvalue weighted by Crippen LogP contribution is -2.45. The van der Waals surface area contributed by atoms with E-state index >= 15 is 0 Å². The van der Waals surface area contributed by atoms with Gasteiger partial charge in [0, 0.05) is 0 Å². The lowest BCUT2D eigenvalue weighted by molar-refractivity contribution is -0.0832. The monoisotopic (exact) mass is 190 g/mol. The lowest BCUT2D eigenvalue weighted by atomic mass is 9.88. The quantitative estimate of drug-likeness (QED) is 0.527. The van der Waals surface area contributed by atoms with Gasteiger partial charge in [-0.05, 0) is 19.3 Å². The minimum atomic E-state index is -1.81. The van der Waals surface area contributed by atoms with E-state index in [2.05, 4.69) is 0 Å². The highest BCUT2D eigenvalue weighted by atomic mass is 16.6. The van der Waals surface area contributed by atoms with Gasteiger partial charge in [0.2, 0.25) is 0 Å².